The summed E-state index contributed by atoms with van der Waals surface area (Å²) >= 11 is 0. The van der Waals surface area contributed by atoms with Gasteiger partial charge in [0.25, 0.3) is 5.91 Å². The summed E-state index contributed by atoms with van der Waals surface area (Å²) in [5.74, 6) is -0.270. The maximum Gasteiger partial charge on any atom is 0.251 e. The largest absolute Gasteiger partial charge is 0.346 e. The fourth-order valence-electron chi connectivity index (χ4n) is 3.89. The SMILES string of the molecule is Cc1cc(C)c([C@H](C)NC(=O)c2ccc(C)c(S(=O)(=O)N3CCCC3)c2)cc1C. The third kappa shape index (κ3) is 4.38. The monoisotopic (exact) mass is 414 g/mol. The molecular formula is C23H30N2O3S. The highest BCUT2D eigenvalue weighted by Crippen LogP contribution is 2.26. The predicted molar refractivity (Wildman–Crippen MR) is 116 cm³/mol. The van der Waals surface area contributed by atoms with Crippen LogP contribution in [0.15, 0.2) is 35.2 Å². The molecule has 1 fully saturated rings. The Kier molecular flexibility index (Phi) is 6.15. The lowest BCUT2D eigenvalue weighted by Gasteiger charge is -2.20. The molecule has 1 aliphatic rings. The normalized spacial score (nSPS) is 16.0. The van der Waals surface area contributed by atoms with E-state index < -0.39 is 10.0 Å². The second-order valence-corrected chi connectivity index (χ2v) is 9.99. The summed E-state index contributed by atoms with van der Waals surface area (Å²) in [5.41, 5.74) is 5.62. The molecule has 29 heavy (non-hydrogen) atoms. The van der Waals surface area contributed by atoms with Gasteiger partial charge in [-0.1, -0.05) is 18.2 Å². The molecule has 0 radical (unpaired) electrons. The van der Waals surface area contributed by atoms with Gasteiger partial charge in [0.1, 0.15) is 0 Å². The number of nitrogens with zero attached hydrogens (tertiary/aromatic N) is 1. The van der Waals surface area contributed by atoms with Crippen molar-refractivity contribution in [2.45, 2.75) is 58.4 Å². The first kappa shape index (κ1) is 21.5. The van der Waals surface area contributed by atoms with Crippen LogP contribution in [0.1, 0.15) is 64.0 Å². The number of rotatable bonds is 5. The molecule has 0 aromatic heterocycles. The van der Waals surface area contributed by atoms with E-state index >= 15 is 0 Å². The number of nitrogens with one attached hydrogen (secondary N) is 1. The van der Waals surface area contributed by atoms with Gasteiger partial charge in [-0.05, 0) is 87.4 Å². The minimum Gasteiger partial charge on any atom is -0.346 e. The zero-order chi connectivity index (χ0) is 21.3. The molecule has 0 saturated carbocycles. The Hall–Kier alpha value is -2.18. The van der Waals surface area contributed by atoms with Crippen molar-refractivity contribution >= 4 is 15.9 Å². The van der Waals surface area contributed by atoms with E-state index in [0.29, 0.717) is 24.2 Å². The zero-order valence-electron chi connectivity index (χ0n) is 17.9. The number of aryl methyl sites for hydroxylation is 4. The first-order valence-corrected chi connectivity index (χ1v) is 11.5. The molecule has 156 valence electrons. The Balaban J connectivity index is 1.86. The Bertz CT molecular complexity index is 1040. The molecule has 2 aromatic rings. The van der Waals surface area contributed by atoms with Crippen LogP contribution in [-0.2, 0) is 10.0 Å². The Morgan fingerprint density at radius 1 is 0.931 bits per heavy atom. The van der Waals surface area contributed by atoms with Crippen LogP contribution in [0.4, 0.5) is 0 Å². The standard InChI is InChI=1S/C23H30N2O3S/c1-15-8-9-20(14-22(15)29(27,28)25-10-6-7-11-25)23(26)24-19(5)21-13-17(3)16(2)12-18(21)4/h8-9,12-14,19H,6-7,10-11H2,1-5H3,(H,24,26)/t19-/m0/s1. The van der Waals surface area contributed by atoms with Crippen LogP contribution < -0.4 is 5.32 Å². The molecule has 1 heterocycles. The van der Waals surface area contributed by atoms with Crippen LogP contribution in [-0.4, -0.2) is 31.7 Å². The predicted octanol–water partition coefficient (Wildman–Crippen LogP) is 4.20. The van der Waals surface area contributed by atoms with Gasteiger partial charge in [-0.2, -0.15) is 4.31 Å². The van der Waals surface area contributed by atoms with Crippen molar-refractivity contribution in [1.82, 2.24) is 9.62 Å². The Morgan fingerprint density at radius 3 is 2.21 bits per heavy atom. The van der Waals surface area contributed by atoms with Gasteiger partial charge in [-0.15, -0.1) is 0 Å². The molecule has 0 bridgehead atoms. The van der Waals surface area contributed by atoms with E-state index in [-0.39, 0.29) is 16.8 Å². The quantitative estimate of drug-likeness (QED) is 0.797. The molecule has 6 heteroatoms. The number of sulfonamides is 1. The minimum absolute atomic E-state index is 0.179. The lowest BCUT2D eigenvalue weighted by atomic mass is 9.96. The highest BCUT2D eigenvalue weighted by molar-refractivity contribution is 7.89. The van der Waals surface area contributed by atoms with Gasteiger partial charge in [0.05, 0.1) is 10.9 Å². The van der Waals surface area contributed by atoms with Crippen molar-refractivity contribution in [2.24, 2.45) is 0 Å². The zero-order valence-corrected chi connectivity index (χ0v) is 18.7. The van der Waals surface area contributed by atoms with Crippen molar-refractivity contribution in [3.63, 3.8) is 0 Å². The third-order valence-electron chi connectivity index (χ3n) is 5.83. The first-order chi connectivity index (χ1) is 13.6. The van der Waals surface area contributed by atoms with Crippen LogP contribution in [0, 0.1) is 27.7 Å². The van der Waals surface area contributed by atoms with Crippen LogP contribution in [0.3, 0.4) is 0 Å². The fourth-order valence-corrected chi connectivity index (χ4v) is 5.66. The van der Waals surface area contributed by atoms with Gasteiger partial charge in [0.2, 0.25) is 10.0 Å². The molecular weight excluding hydrogens is 384 g/mol. The van der Waals surface area contributed by atoms with Gasteiger partial charge in [0.15, 0.2) is 0 Å². The van der Waals surface area contributed by atoms with E-state index in [4.69, 9.17) is 0 Å². The van der Waals surface area contributed by atoms with Crippen molar-refractivity contribution in [3.8, 4) is 0 Å². The summed E-state index contributed by atoms with van der Waals surface area (Å²) in [6, 6.07) is 8.96. The van der Waals surface area contributed by atoms with E-state index in [2.05, 4.69) is 31.3 Å². The molecule has 3 rings (SSSR count). The summed E-state index contributed by atoms with van der Waals surface area (Å²) in [4.78, 5) is 13.1. The average molecular weight is 415 g/mol. The highest BCUT2D eigenvalue weighted by atomic mass is 32.2. The number of benzene rings is 2. The molecule has 1 atom stereocenters. The van der Waals surface area contributed by atoms with Gasteiger partial charge in [-0.25, -0.2) is 8.42 Å². The van der Waals surface area contributed by atoms with Crippen molar-refractivity contribution in [1.29, 1.82) is 0 Å². The average Bonchev–Trinajstić information content (AvgIpc) is 3.20. The van der Waals surface area contributed by atoms with Gasteiger partial charge in [0, 0.05) is 18.7 Å². The molecule has 2 aromatic carbocycles. The molecule has 5 nitrogen and oxygen atoms in total. The Labute approximate surface area is 174 Å². The minimum atomic E-state index is -3.57. The Morgan fingerprint density at radius 2 is 1.55 bits per heavy atom. The van der Waals surface area contributed by atoms with Gasteiger partial charge in [-0.3, -0.25) is 4.79 Å². The molecule has 1 N–H and O–H groups in total. The van der Waals surface area contributed by atoms with Crippen molar-refractivity contribution in [2.75, 3.05) is 13.1 Å². The second kappa shape index (κ2) is 8.28. The van der Waals surface area contributed by atoms with E-state index in [9.17, 15) is 13.2 Å². The topological polar surface area (TPSA) is 66.5 Å². The summed E-state index contributed by atoms with van der Waals surface area (Å²) in [7, 11) is -3.57. The maximum absolute atomic E-state index is 13.0. The number of carbonyl (C=O) groups is 1. The van der Waals surface area contributed by atoms with Crippen LogP contribution in [0.2, 0.25) is 0 Å². The first-order valence-electron chi connectivity index (χ1n) is 10.1. The number of hydrogen-bond donors (Lipinski definition) is 1. The second-order valence-electron chi connectivity index (χ2n) is 8.08. The van der Waals surface area contributed by atoms with Crippen molar-refractivity contribution in [3.05, 3.63) is 63.7 Å². The summed E-state index contributed by atoms with van der Waals surface area (Å²) in [6.45, 7) is 11.0. The third-order valence-corrected chi connectivity index (χ3v) is 7.87. The highest BCUT2D eigenvalue weighted by Gasteiger charge is 2.29. The molecule has 0 spiro atoms. The smallest absolute Gasteiger partial charge is 0.251 e. The molecule has 0 aliphatic carbocycles. The fraction of sp³-hybridized carbons (Fsp3) is 0.435. The summed E-state index contributed by atoms with van der Waals surface area (Å²) < 4.78 is 27.5. The lowest BCUT2D eigenvalue weighted by molar-refractivity contribution is 0.0939. The number of amides is 1. The summed E-state index contributed by atoms with van der Waals surface area (Å²) in [6.07, 6.45) is 1.76. The van der Waals surface area contributed by atoms with Gasteiger partial charge < -0.3 is 5.32 Å². The van der Waals surface area contributed by atoms with E-state index in [1.807, 2.05) is 13.8 Å². The van der Waals surface area contributed by atoms with Crippen molar-refractivity contribution < 1.29 is 13.2 Å². The van der Waals surface area contributed by atoms with Crippen LogP contribution in [0.5, 0.6) is 0 Å². The molecule has 1 aliphatic heterocycles. The van der Waals surface area contributed by atoms with E-state index in [1.54, 1.807) is 19.1 Å². The van der Waals surface area contributed by atoms with E-state index in [1.165, 1.54) is 21.5 Å². The maximum atomic E-state index is 13.0. The van der Waals surface area contributed by atoms with Crippen LogP contribution in [0.25, 0.3) is 0 Å². The van der Waals surface area contributed by atoms with E-state index in [0.717, 1.165) is 24.0 Å². The molecule has 1 saturated heterocycles. The number of hydrogen-bond acceptors (Lipinski definition) is 3. The molecule has 0 unspecified atom stereocenters. The lowest BCUT2D eigenvalue weighted by Crippen LogP contribution is -2.30. The molecule has 1 amide bonds. The number of carbonyl (C=O) groups excluding carboxylic acids is 1. The van der Waals surface area contributed by atoms with Gasteiger partial charge >= 0.3 is 0 Å². The summed E-state index contributed by atoms with van der Waals surface area (Å²) in [5, 5.41) is 3.02. The van der Waals surface area contributed by atoms with Crippen LogP contribution >= 0.6 is 0 Å².